The third-order valence-corrected chi connectivity index (χ3v) is 2.90. The van der Waals surface area contributed by atoms with Crippen LogP contribution in [0.15, 0.2) is 29.1 Å². The topological polar surface area (TPSA) is 48.3 Å². The Bertz CT molecular complexity index is 655. The number of pyridine rings is 1. The predicted octanol–water partition coefficient (Wildman–Crippen LogP) is 1.63. The summed E-state index contributed by atoms with van der Waals surface area (Å²) >= 11 is 0. The second-order valence-corrected chi connectivity index (χ2v) is 3.94. The molecule has 0 unspecified atom stereocenters. The molecule has 4 nitrogen and oxygen atoms in total. The average molecular weight is 231 g/mol. The minimum absolute atomic E-state index is 0.106. The van der Waals surface area contributed by atoms with Gasteiger partial charge in [-0.25, -0.2) is 4.79 Å². The van der Waals surface area contributed by atoms with Gasteiger partial charge in [-0.15, -0.1) is 0 Å². The number of fused-ring (bicyclic) bond motifs is 1. The first-order valence-corrected chi connectivity index (χ1v) is 5.23. The molecule has 88 valence electrons. The highest BCUT2D eigenvalue weighted by Crippen LogP contribution is 2.14. The highest BCUT2D eigenvalue weighted by Gasteiger charge is 2.09. The second kappa shape index (κ2) is 4.05. The molecule has 0 saturated carbocycles. The summed E-state index contributed by atoms with van der Waals surface area (Å²) in [5, 5.41) is 1.36. The lowest BCUT2D eigenvalue weighted by Crippen LogP contribution is -2.19. The Morgan fingerprint density at radius 1 is 1.29 bits per heavy atom. The van der Waals surface area contributed by atoms with Gasteiger partial charge in [0.15, 0.2) is 0 Å². The number of aromatic nitrogens is 1. The summed E-state index contributed by atoms with van der Waals surface area (Å²) < 4.78 is 6.19. The second-order valence-electron chi connectivity index (χ2n) is 3.94. The van der Waals surface area contributed by atoms with Gasteiger partial charge in [0.05, 0.1) is 12.7 Å². The SMILES string of the molecule is COC(=O)c1ccc2cc(C)n(C)c(=O)c2c1. The van der Waals surface area contributed by atoms with Gasteiger partial charge >= 0.3 is 5.97 Å². The zero-order valence-electron chi connectivity index (χ0n) is 9.98. The van der Waals surface area contributed by atoms with Gasteiger partial charge in [-0.3, -0.25) is 4.79 Å². The van der Waals surface area contributed by atoms with Crippen LogP contribution in [0.2, 0.25) is 0 Å². The Labute approximate surface area is 98.4 Å². The molecule has 0 N–H and O–H groups in total. The fourth-order valence-electron chi connectivity index (χ4n) is 1.77. The molecule has 0 spiro atoms. The number of hydrogen-bond acceptors (Lipinski definition) is 3. The molecule has 0 aliphatic heterocycles. The molecule has 0 aliphatic rings. The number of esters is 1. The maximum absolute atomic E-state index is 12.0. The van der Waals surface area contributed by atoms with Gasteiger partial charge in [-0.05, 0) is 30.5 Å². The lowest BCUT2D eigenvalue weighted by molar-refractivity contribution is 0.0601. The monoisotopic (exact) mass is 231 g/mol. The standard InChI is InChI=1S/C13H13NO3/c1-8-6-9-4-5-10(13(16)17-3)7-11(9)12(15)14(8)2/h4-7H,1-3H3. The van der Waals surface area contributed by atoms with E-state index in [4.69, 9.17) is 0 Å². The van der Waals surface area contributed by atoms with Crippen molar-refractivity contribution in [1.82, 2.24) is 4.57 Å². The van der Waals surface area contributed by atoms with Crippen molar-refractivity contribution in [2.24, 2.45) is 7.05 Å². The highest BCUT2D eigenvalue weighted by molar-refractivity contribution is 5.95. The number of ether oxygens (including phenoxy) is 1. The van der Waals surface area contributed by atoms with E-state index in [1.54, 1.807) is 29.8 Å². The summed E-state index contributed by atoms with van der Waals surface area (Å²) in [6.45, 7) is 1.87. The Morgan fingerprint density at radius 2 is 2.00 bits per heavy atom. The van der Waals surface area contributed by atoms with Crippen molar-refractivity contribution in [3.8, 4) is 0 Å². The molecular formula is C13H13NO3. The van der Waals surface area contributed by atoms with Crippen molar-refractivity contribution in [1.29, 1.82) is 0 Å². The van der Waals surface area contributed by atoms with Crippen LogP contribution >= 0.6 is 0 Å². The summed E-state index contributed by atoms with van der Waals surface area (Å²) in [4.78, 5) is 23.4. The number of rotatable bonds is 1. The summed E-state index contributed by atoms with van der Waals surface area (Å²) in [6, 6.07) is 6.91. The van der Waals surface area contributed by atoms with Crippen LogP contribution in [0.3, 0.4) is 0 Å². The van der Waals surface area contributed by atoms with Crippen LogP contribution in [-0.2, 0) is 11.8 Å². The van der Waals surface area contributed by atoms with E-state index in [1.165, 1.54) is 7.11 Å². The van der Waals surface area contributed by atoms with Gasteiger partial charge in [0, 0.05) is 18.1 Å². The number of nitrogens with zero attached hydrogens (tertiary/aromatic N) is 1. The summed E-state index contributed by atoms with van der Waals surface area (Å²) in [7, 11) is 3.03. The molecular weight excluding hydrogens is 218 g/mol. The van der Waals surface area contributed by atoms with Crippen LogP contribution in [0.25, 0.3) is 10.8 Å². The first-order valence-electron chi connectivity index (χ1n) is 5.23. The number of carbonyl (C=O) groups excluding carboxylic acids is 1. The molecule has 2 aromatic rings. The van der Waals surface area contributed by atoms with Crippen molar-refractivity contribution in [2.75, 3.05) is 7.11 Å². The normalized spacial score (nSPS) is 10.5. The Morgan fingerprint density at radius 3 is 2.65 bits per heavy atom. The quantitative estimate of drug-likeness (QED) is 0.701. The maximum Gasteiger partial charge on any atom is 0.337 e. The smallest absolute Gasteiger partial charge is 0.337 e. The summed E-state index contributed by atoms with van der Waals surface area (Å²) in [5.41, 5.74) is 1.17. The first-order chi connectivity index (χ1) is 8.04. The van der Waals surface area contributed by atoms with E-state index in [2.05, 4.69) is 4.74 Å². The maximum atomic E-state index is 12.0. The molecule has 2 rings (SSSR count). The number of hydrogen-bond donors (Lipinski definition) is 0. The molecule has 4 heteroatoms. The molecule has 1 aromatic heterocycles. The number of aryl methyl sites for hydroxylation is 1. The third kappa shape index (κ3) is 1.82. The Kier molecular flexibility index (Phi) is 2.71. The molecule has 0 saturated heterocycles. The number of benzene rings is 1. The number of methoxy groups -OCH3 is 1. The van der Waals surface area contributed by atoms with Crippen molar-refractivity contribution >= 4 is 16.7 Å². The minimum Gasteiger partial charge on any atom is -0.465 e. The predicted molar refractivity (Wildman–Crippen MR) is 65.3 cm³/mol. The van der Waals surface area contributed by atoms with E-state index in [1.807, 2.05) is 13.0 Å². The fourth-order valence-corrected chi connectivity index (χ4v) is 1.77. The van der Waals surface area contributed by atoms with E-state index in [0.29, 0.717) is 10.9 Å². The molecule has 1 aromatic carbocycles. The largest absolute Gasteiger partial charge is 0.465 e. The van der Waals surface area contributed by atoms with E-state index in [9.17, 15) is 9.59 Å². The van der Waals surface area contributed by atoms with Gasteiger partial charge in [0.2, 0.25) is 0 Å². The van der Waals surface area contributed by atoms with E-state index in [-0.39, 0.29) is 5.56 Å². The van der Waals surface area contributed by atoms with Gasteiger partial charge in [0.1, 0.15) is 0 Å². The zero-order valence-corrected chi connectivity index (χ0v) is 9.98. The lowest BCUT2D eigenvalue weighted by atomic mass is 10.1. The van der Waals surface area contributed by atoms with Crippen molar-refractivity contribution in [2.45, 2.75) is 6.92 Å². The summed E-state index contributed by atoms with van der Waals surface area (Å²) in [6.07, 6.45) is 0. The average Bonchev–Trinajstić information content (AvgIpc) is 2.35. The molecule has 0 aliphatic carbocycles. The van der Waals surface area contributed by atoms with Crippen molar-refractivity contribution in [3.63, 3.8) is 0 Å². The lowest BCUT2D eigenvalue weighted by Gasteiger charge is -2.07. The molecule has 17 heavy (non-hydrogen) atoms. The van der Waals surface area contributed by atoms with E-state index in [0.717, 1.165) is 11.1 Å². The molecule has 1 heterocycles. The van der Waals surface area contributed by atoms with E-state index >= 15 is 0 Å². The van der Waals surface area contributed by atoms with Crippen LogP contribution in [0, 0.1) is 6.92 Å². The van der Waals surface area contributed by atoms with Gasteiger partial charge in [0.25, 0.3) is 5.56 Å². The third-order valence-electron chi connectivity index (χ3n) is 2.90. The number of carbonyl (C=O) groups is 1. The van der Waals surface area contributed by atoms with Gasteiger partial charge < -0.3 is 9.30 Å². The zero-order chi connectivity index (χ0) is 12.6. The van der Waals surface area contributed by atoms with Crippen LogP contribution in [0.5, 0.6) is 0 Å². The highest BCUT2D eigenvalue weighted by atomic mass is 16.5. The van der Waals surface area contributed by atoms with Gasteiger partial charge in [-0.1, -0.05) is 6.07 Å². The van der Waals surface area contributed by atoms with Crippen LogP contribution in [0.1, 0.15) is 16.1 Å². The first kappa shape index (κ1) is 11.4. The molecule has 0 bridgehead atoms. The minimum atomic E-state index is -0.436. The molecule has 0 atom stereocenters. The Hall–Kier alpha value is -2.10. The van der Waals surface area contributed by atoms with Crippen molar-refractivity contribution < 1.29 is 9.53 Å². The van der Waals surface area contributed by atoms with Gasteiger partial charge in [-0.2, -0.15) is 0 Å². The Balaban J connectivity index is 2.78. The molecule has 0 radical (unpaired) electrons. The molecule has 0 amide bonds. The van der Waals surface area contributed by atoms with Crippen LogP contribution < -0.4 is 5.56 Å². The van der Waals surface area contributed by atoms with Crippen molar-refractivity contribution in [3.05, 3.63) is 45.9 Å². The molecule has 0 fully saturated rings. The van der Waals surface area contributed by atoms with Crippen LogP contribution in [0.4, 0.5) is 0 Å². The summed E-state index contributed by atoms with van der Waals surface area (Å²) in [5.74, 6) is -0.436. The fraction of sp³-hybridized carbons (Fsp3) is 0.231. The van der Waals surface area contributed by atoms with E-state index < -0.39 is 5.97 Å². The van der Waals surface area contributed by atoms with Crippen LogP contribution in [-0.4, -0.2) is 17.6 Å².